The molecule has 0 saturated heterocycles. The molecule has 0 atom stereocenters. The average Bonchev–Trinajstić information content (AvgIpc) is 2.61. The number of hydrogen-bond acceptors (Lipinski definition) is 4. The highest BCUT2D eigenvalue weighted by atomic mass is 35.5. The van der Waals surface area contributed by atoms with Crippen LogP contribution < -0.4 is 5.32 Å². The second kappa shape index (κ2) is 8.13. The Morgan fingerprint density at radius 1 is 1.12 bits per heavy atom. The maximum atomic E-state index is 12.0. The predicted molar refractivity (Wildman–Crippen MR) is 98.4 cm³/mol. The molecule has 3 aromatic rings. The summed E-state index contributed by atoms with van der Waals surface area (Å²) < 4.78 is 0. The van der Waals surface area contributed by atoms with Crippen molar-refractivity contribution in [3.05, 3.63) is 65.3 Å². The van der Waals surface area contributed by atoms with E-state index in [0.717, 1.165) is 32.8 Å². The van der Waals surface area contributed by atoms with E-state index in [2.05, 4.69) is 15.5 Å². The minimum atomic E-state index is -0.0105. The zero-order valence-corrected chi connectivity index (χ0v) is 14.5. The highest BCUT2D eigenvalue weighted by molar-refractivity contribution is 8.00. The van der Waals surface area contributed by atoms with Gasteiger partial charge in [0.15, 0.2) is 0 Å². The maximum absolute atomic E-state index is 12.0. The Morgan fingerprint density at radius 3 is 2.75 bits per heavy atom. The van der Waals surface area contributed by atoms with Crippen molar-refractivity contribution in [1.82, 2.24) is 15.5 Å². The molecule has 2 aromatic carbocycles. The van der Waals surface area contributed by atoms with Crippen LogP contribution in [-0.4, -0.2) is 28.4 Å². The number of nitrogens with zero attached hydrogens (tertiary/aromatic N) is 2. The monoisotopic (exact) mass is 357 g/mol. The van der Waals surface area contributed by atoms with Gasteiger partial charge in [0.05, 0.1) is 11.9 Å². The number of carbonyl (C=O) groups excluding carboxylic acids is 1. The molecule has 4 nitrogen and oxygen atoms in total. The van der Waals surface area contributed by atoms with Crippen LogP contribution in [0.5, 0.6) is 0 Å². The number of halogens is 1. The summed E-state index contributed by atoms with van der Waals surface area (Å²) in [6.07, 6.45) is 2.51. The Hall–Kier alpha value is -2.11. The average molecular weight is 358 g/mol. The summed E-state index contributed by atoms with van der Waals surface area (Å²) in [5.74, 6) is 0.312. The quantitative estimate of drug-likeness (QED) is 0.683. The third-order valence-electron chi connectivity index (χ3n) is 3.53. The van der Waals surface area contributed by atoms with E-state index in [4.69, 9.17) is 11.6 Å². The lowest BCUT2D eigenvalue weighted by molar-refractivity contribution is -0.118. The standard InChI is InChI=1S/C18H16ClN3OS/c19-15-7-5-13(6-8-15)9-10-20-17(23)12-24-18-16-4-2-1-3-14(16)11-21-22-18/h1-8,11H,9-10,12H2,(H,20,23). The number of fused-ring (bicyclic) bond motifs is 1. The number of nitrogens with one attached hydrogen (secondary N) is 1. The molecule has 0 bridgehead atoms. The van der Waals surface area contributed by atoms with Crippen molar-refractivity contribution < 1.29 is 4.79 Å². The van der Waals surface area contributed by atoms with Gasteiger partial charge in [-0.1, -0.05) is 59.8 Å². The molecule has 0 aliphatic carbocycles. The lowest BCUT2D eigenvalue weighted by Crippen LogP contribution is -2.27. The van der Waals surface area contributed by atoms with Crippen molar-refractivity contribution in [3.8, 4) is 0 Å². The number of benzene rings is 2. The molecule has 24 heavy (non-hydrogen) atoms. The van der Waals surface area contributed by atoms with Crippen molar-refractivity contribution in [2.45, 2.75) is 11.4 Å². The number of hydrogen-bond donors (Lipinski definition) is 1. The van der Waals surface area contributed by atoms with Gasteiger partial charge in [0, 0.05) is 22.3 Å². The summed E-state index contributed by atoms with van der Waals surface area (Å²) in [4.78, 5) is 12.0. The first-order valence-electron chi connectivity index (χ1n) is 7.57. The normalized spacial score (nSPS) is 10.7. The fourth-order valence-corrected chi connectivity index (χ4v) is 3.23. The minimum Gasteiger partial charge on any atom is -0.355 e. The van der Waals surface area contributed by atoms with Gasteiger partial charge < -0.3 is 5.32 Å². The predicted octanol–water partition coefficient (Wildman–Crippen LogP) is 3.73. The molecule has 1 amide bonds. The second-order valence-corrected chi connectivity index (χ2v) is 6.65. The van der Waals surface area contributed by atoms with Gasteiger partial charge in [-0.2, -0.15) is 5.10 Å². The largest absolute Gasteiger partial charge is 0.355 e. The van der Waals surface area contributed by atoms with Crippen LogP contribution in [0.3, 0.4) is 0 Å². The molecule has 1 aromatic heterocycles. The third kappa shape index (κ3) is 4.46. The van der Waals surface area contributed by atoms with Gasteiger partial charge in [-0.25, -0.2) is 0 Å². The van der Waals surface area contributed by atoms with Crippen LogP contribution in [0, 0.1) is 0 Å². The molecule has 0 unspecified atom stereocenters. The van der Waals surface area contributed by atoms with Crippen molar-refractivity contribution in [2.75, 3.05) is 12.3 Å². The molecule has 6 heteroatoms. The number of aromatic nitrogens is 2. The van der Waals surface area contributed by atoms with Gasteiger partial charge in [0.2, 0.25) is 5.91 Å². The SMILES string of the molecule is O=C(CSc1nncc2ccccc12)NCCc1ccc(Cl)cc1. The number of rotatable bonds is 6. The summed E-state index contributed by atoms with van der Waals surface area (Å²) in [5.41, 5.74) is 1.15. The summed E-state index contributed by atoms with van der Waals surface area (Å²) in [7, 11) is 0. The smallest absolute Gasteiger partial charge is 0.230 e. The van der Waals surface area contributed by atoms with Gasteiger partial charge in [-0.05, 0) is 24.1 Å². The minimum absolute atomic E-state index is 0.0105. The van der Waals surface area contributed by atoms with E-state index < -0.39 is 0 Å². The van der Waals surface area contributed by atoms with E-state index in [9.17, 15) is 4.79 Å². The van der Waals surface area contributed by atoms with Gasteiger partial charge >= 0.3 is 0 Å². The first-order chi connectivity index (χ1) is 11.7. The van der Waals surface area contributed by atoms with Crippen molar-refractivity contribution in [2.24, 2.45) is 0 Å². The van der Waals surface area contributed by atoms with Crippen LogP contribution in [0.4, 0.5) is 0 Å². The topological polar surface area (TPSA) is 54.9 Å². The first kappa shape index (κ1) is 16.7. The molecule has 122 valence electrons. The Labute approximate surface area is 149 Å². The van der Waals surface area contributed by atoms with Crippen LogP contribution in [0.1, 0.15) is 5.56 Å². The number of carbonyl (C=O) groups is 1. The van der Waals surface area contributed by atoms with E-state index in [-0.39, 0.29) is 5.91 Å². The van der Waals surface area contributed by atoms with Crippen molar-refractivity contribution >= 4 is 40.0 Å². The number of amides is 1. The van der Waals surface area contributed by atoms with E-state index in [1.807, 2.05) is 48.5 Å². The van der Waals surface area contributed by atoms with Crippen LogP contribution >= 0.6 is 23.4 Å². The van der Waals surface area contributed by atoms with E-state index in [1.54, 1.807) is 6.20 Å². The van der Waals surface area contributed by atoms with E-state index in [0.29, 0.717) is 12.3 Å². The van der Waals surface area contributed by atoms with Crippen molar-refractivity contribution in [3.63, 3.8) is 0 Å². The molecular formula is C18H16ClN3OS. The van der Waals surface area contributed by atoms with Gasteiger partial charge in [0.1, 0.15) is 5.03 Å². The van der Waals surface area contributed by atoms with Crippen LogP contribution in [0.15, 0.2) is 59.8 Å². The zero-order valence-electron chi connectivity index (χ0n) is 12.9. The molecule has 0 saturated carbocycles. The lowest BCUT2D eigenvalue weighted by atomic mass is 10.1. The van der Waals surface area contributed by atoms with Gasteiger partial charge in [-0.3, -0.25) is 4.79 Å². The fraction of sp³-hybridized carbons (Fsp3) is 0.167. The van der Waals surface area contributed by atoms with Gasteiger partial charge in [-0.15, -0.1) is 5.10 Å². The van der Waals surface area contributed by atoms with Crippen LogP contribution in [0.25, 0.3) is 10.8 Å². The Kier molecular flexibility index (Phi) is 5.67. The summed E-state index contributed by atoms with van der Waals surface area (Å²) in [6.45, 7) is 0.599. The molecule has 0 aliphatic heterocycles. The Balaban J connectivity index is 1.49. The molecular weight excluding hydrogens is 342 g/mol. The maximum Gasteiger partial charge on any atom is 0.230 e. The summed E-state index contributed by atoms with van der Waals surface area (Å²) in [6, 6.07) is 15.5. The molecule has 0 aliphatic rings. The number of thioether (sulfide) groups is 1. The first-order valence-corrected chi connectivity index (χ1v) is 8.93. The molecule has 0 radical (unpaired) electrons. The zero-order chi connectivity index (χ0) is 16.8. The molecule has 3 rings (SSSR count). The Morgan fingerprint density at radius 2 is 1.92 bits per heavy atom. The lowest BCUT2D eigenvalue weighted by Gasteiger charge is -2.06. The van der Waals surface area contributed by atoms with Crippen LogP contribution in [0.2, 0.25) is 5.02 Å². The highest BCUT2D eigenvalue weighted by Crippen LogP contribution is 2.24. The molecule has 1 N–H and O–H groups in total. The van der Waals surface area contributed by atoms with E-state index >= 15 is 0 Å². The second-order valence-electron chi connectivity index (χ2n) is 5.25. The highest BCUT2D eigenvalue weighted by Gasteiger charge is 2.07. The summed E-state index contributed by atoms with van der Waals surface area (Å²) in [5, 5.41) is 14.6. The molecule has 0 spiro atoms. The van der Waals surface area contributed by atoms with Gasteiger partial charge in [0.25, 0.3) is 0 Å². The third-order valence-corrected chi connectivity index (χ3v) is 4.76. The molecule has 0 fully saturated rings. The van der Waals surface area contributed by atoms with E-state index in [1.165, 1.54) is 11.8 Å². The molecule has 1 heterocycles. The van der Waals surface area contributed by atoms with Crippen LogP contribution in [-0.2, 0) is 11.2 Å². The fourth-order valence-electron chi connectivity index (χ4n) is 2.29. The Bertz CT molecular complexity index is 834. The van der Waals surface area contributed by atoms with Crippen molar-refractivity contribution in [1.29, 1.82) is 0 Å². The summed E-state index contributed by atoms with van der Waals surface area (Å²) >= 11 is 7.26.